The molecule has 0 amide bonds. The highest BCUT2D eigenvalue weighted by Crippen LogP contribution is 2.47. The first-order valence-electron chi connectivity index (χ1n) is 15.9. The summed E-state index contributed by atoms with van der Waals surface area (Å²) < 4.78 is 0. The minimum absolute atomic E-state index is 0.0861. The number of rotatable bonds is 12. The Balaban J connectivity index is 0.00000271. The second-order valence-corrected chi connectivity index (χ2v) is 13.2. The van der Waals surface area contributed by atoms with Crippen LogP contribution in [0.5, 0.6) is 0 Å². The normalized spacial score (nSPS) is 16.9. The zero-order chi connectivity index (χ0) is 32.8. The molecule has 1 heterocycles. The van der Waals surface area contributed by atoms with E-state index in [-0.39, 0.29) is 19.1 Å². The highest BCUT2D eigenvalue weighted by atomic mass is 32.2. The van der Waals surface area contributed by atoms with Gasteiger partial charge in [0, 0.05) is 45.0 Å². The molecule has 1 aliphatic heterocycles. The average Bonchev–Trinajstić information content (AvgIpc) is 3.44. The molecule has 2 aromatic carbocycles. The molecule has 7 heteroatoms. The molecule has 0 saturated carbocycles. The fourth-order valence-corrected chi connectivity index (χ4v) is 7.19. The third-order valence-electron chi connectivity index (χ3n) is 7.53. The number of benzene rings is 2. The zero-order valence-corrected chi connectivity index (χ0v) is 28.7. The second-order valence-electron chi connectivity index (χ2n) is 11.0. The highest BCUT2D eigenvalue weighted by molar-refractivity contribution is 8.20. The lowest BCUT2D eigenvalue weighted by atomic mass is 9.93. The van der Waals surface area contributed by atoms with E-state index in [4.69, 9.17) is 11.1 Å². The maximum atomic E-state index is 10.2. The molecule has 6 N–H and O–H groups in total. The summed E-state index contributed by atoms with van der Waals surface area (Å²) in [5.74, 6) is 0.178. The standard InChI is InChI=1S/C36H43N3O2S2.C2H6/c1-4-10-30(23-40)26-13-8-14-27(18-17-26)32-15-9-16-33(43-34(32)28-11-6-5-7-12-28)25(2)42-35(38)29-19-21-31(22-20-29)39-36(3,41)24-37;1-2/h5-7,11-14,16-22,30,38-41H,2,4,8-10,15,23-24,37H2,1,3H3;1-2H3/t30-,36?;/m1./s1. The van der Waals surface area contributed by atoms with Crippen molar-refractivity contribution in [1.82, 2.24) is 0 Å². The van der Waals surface area contributed by atoms with Crippen LogP contribution in [-0.4, -0.2) is 34.1 Å². The summed E-state index contributed by atoms with van der Waals surface area (Å²) in [6.07, 6.45) is 15.9. The number of thioether (sulfide) groups is 2. The minimum Gasteiger partial charge on any atom is -0.396 e. The van der Waals surface area contributed by atoms with Gasteiger partial charge in [-0.3, -0.25) is 5.41 Å². The van der Waals surface area contributed by atoms with Gasteiger partial charge in [0.1, 0.15) is 5.72 Å². The number of allylic oxidation sites excluding steroid dienone is 7. The SMILES string of the molecule is C=C(SC(=N)c1ccc(NC(C)(O)CN)cc1)C1=CCCC(C2=CCC=C([C@@H](CO)CCC)C=C2)=C(c2ccccc2)S1.CC. The van der Waals surface area contributed by atoms with Gasteiger partial charge in [-0.1, -0.05) is 130 Å². The van der Waals surface area contributed by atoms with E-state index in [0.29, 0.717) is 5.04 Å². The Kier molecular flexibility index (Phi) is 14.7. The van der Waals surface area contributed by atoms with E-state index in [2.05, 4.69) is 73.5 Å². The summed E-state index contributed by atoms with van der Waals surface area (Å²) in [5.41, 5.74) is 10.9. The topological polar surface area (TPSA) is 102 Å². The van der Waals surface area contributed by atoms with Crippen LogP contribution >= 0.6 is 23.5 Å². The molecule has 1 unspecified atom stereocenters. The molecule has 1 aliphatic carbocycles. The summed E-state index contributed by atoms with van der Waals surface area (Å²) in [5, 5.41) is 32.4. The van der Waals surface area contributed by atoms with Crippen molar-refractivity contribution in [3.05, 3.63) is 129 Å². The first-order chi connectivity index (χ1) is 21.7. The van der Waals surface area contributed by atoms with E-state index in [0.717, 1.165) is 53.2 Å². The van der Waals surface area contributed by atoms with E-state index in [1.807, 2.05) is 44.2 Å². The van der Waals surface area contributed by atoms with Gasteiger partial charge in [0.15, 0.2) is 0 Å². The molecule has 2 aromatic rings. The highest BCUT2D eigenvalue weighted by Gasteiger charge is 2.22. The number of nitrogens with one attached hydrogen (secondary N) is 2. The van der Waals surface area contributed by atoms with E-state index in [1.165, 1.54) is 38.9 Å². The van der Waals surface area contributed by atoms with Crippen molar-refractivity contribution < 1.29 is 10.2 Å². The maximum Gasteiger partial charge on any atom is 0.144 e. The lowest BCUT2D eigenvalue weighted by Crippen LogP contribution is -2.42. The smallest absolute Gasteiger partial charge is 0.144 e. The predicted molar refractivity (Wildman–Crippen MR) is 198 cm³/mol. The van der Waals surface area contributed by atoms with Crippen molar-refractivity contribution in [2.75, 3.05) is 18.5 Å². The van der Waals surface area contributed by atoms with Crippen molar-refractivity contribution in [1.29, 1.82) is 5.41 Å². The molecule has 4 rings (SSSR count). The van der Waals surface area contributed by atoms with Crippen LogP contribution in [0.15, 0.2) is 118 Å². The van der Waals surface area contributed by atoms with E-state index >= 15 is 0 Å². The number of hydrogen-bond donors (Lipinski definition) is 5. The van der Waals surface area contributed by atoms with Crippen molar-refractivity contribution >= 4 is 39.2 Å². The van der Waals surface area contributed by atoms with Crippen LogP contribution in [0.1, 0.15) is 70.9 Å². The molecular formula is C38H49N3O2S2. The fourth-order valence-electron chi connectivity index (χ4n) is 5.12. The van der Waals surface area contributed by atoms with Gasteiger partial charge in [0.2, 0.25) is 0 Å². The van der Waals surface area contributed by atoms with Crippen molar-refractivity contribution in [3.63, 3.8) is 0 Å². The number of nitrogens with two attached hydrogens (primary N) is 1. The van der Waals surface area contributed by atoms with Gasteiger partial charge in [-0.05, 0) is 67.0 Å². The van der Waals surface area contributed by atoms with Crippen LogP contribution in [0.25, 0.3) is 4.91 Å². The van der Waals surface area contributed by atoms with E-state index < -0.39 is 5.72 Å². The van der Waals surface area contributed by atoms with E-state index in [9.17, 15) is 10.2 Å². The van der Waals surface area contributed by atoms with Gasteiger partial charge in [-0.2, -0.15) is 0 Å². The van der Waals surface area contributed by atoms with Gasteiger partial charge < -0.3 is 21.3 Å². The number of aliphatic hydroxyl groups excluding tert-OH is 1. The number of aliphatic hydroxyl groups is 2. The van der Waals surface area contributed by atoms with Crippen LogP contribution in [0.3, 0.4) is 0 Å². The van der Waals surface area contributed by atoms with Crippen LogP contribution in [-0.2, 0) is 0 Å². The Bertz CT molecular complexity index is 1450. The zero-order valence-electron chi connectivity index (χ0n) is 27.1. The molecule has 0 fully saturated rings. The molecule has 0 radical (unpaired) electrons. The minimum atomic E-state index is -1.19. The second kappa shape index (κ2) is 18.2. The van der Waals surface area contributed by atoms with Gasteiger partial charge in [-0.25, -0.2) is 0 Å². The van der Waals surface area contributed by atoms with Crippen molar-refractivity contribution in [2.45, 2.75) is 65.5 Å². The molecule has 2 aliphatic rings. The lowest BCUT2D eigenvalue weighted by Gasteiger charge is -2.24. The fraction of sp³-hybridized carbons (Fsp3) is 0.342. The van der Waals surface area contributed by atoms with Crippen molar-refractivity contribution in [3.8, 4) is 0 Å². The molecule has 0 saturated heterocycles. The lowest BCUT2D eigenvalue weighted by molar-refractivity contribution is 0.0995. The van der Waals surface area contributed by atoms with Gasteiger partial charge >= 0.3 is 0 Å². The van der Waals surface area contributed by atoms with Crippen LogP contribution in [0.4, 0.5) is 5.69 Å². The Morgan fingerprint density at radius 1 is 1.09 bits per heavy atom. The Morgan fingerprint density at radius 2 is 1.80 bits per heavy atom. The van der Waals surface area contributed by atoms with E-state index in [1.54, 1.807) is 18.7 Å². The Hall–Kier alpha value is -3.07. The van der Waals surface area contributed by atoms with Gasteiger partial charge in [0.25, 0.3) is 0 Å². The van der Waals surface area contributed by atoms with Crippen molar-refractivity contribution in [2.24, 2.45) is 11.7 Å². The van der Waals surface area contributed by atoms with Gasteiger partial charge in [-0.15, -0.1) is 0 Å². The van der Waals surface area contributed by atoms with Crippen LogP contribution in [0, 0.1) is 11.3 Å². The summed E-state index contributed by atoms with van der Waals surface area (Å²) in [4.78, 5) is 3.13. The average molecular weight is 644 g/mol. The Labute approximate surface area is 278 Å². The van der Waals surface area contributed by atoms with Crippen LogP contribution in [0.2, 0.25) is 0 Å². The summed E-state index contributed by atoms with van der Waals surface area (Å²) in [7, 11) is 0. The number of anilines is 1. The summed E-state index contributed by atoms with van der Waals surface area (Å²) in [6.45, 7) is 12.4. The summed E-state index contributed by atoms with van der Waals surface area (Å²) in [6, 6.07) is 17.9. The first-order valence-corrected chi connectivity index (χ1v) is 17.5. The quantitative estimate of drug-likeness (QED) is 0.0897. The number of hydrogen-bond acceptors (Lipinski definition) is 7. The molecule has 0 aromatic heterocycles. The molecular weight excluding hydrogens is 595 g/mol. The molecule has 0 bridgehead atoms. The monoisotopic (exact) mass is 643 g/mol. The molecule has 45 heavy (non-hydrogen) atoms. The van der Waals surface area contributed by atoms with Gasteiger partial charge in [0.05, 0.1) is 5.04 Å². The predicted octanol–water partition coefficient (Wildman–Crippen LogP) is 9.41. The third kappa shape index (κ3) is 10.5. The first kappa shape index (κ1) is 36.4. The molecule has 240 valence electrons. The molecule has 0 spiro atoms. The van der Waals surface area contributed by atoms with Crippen LogP contribution < -0.4 is 11.1 Å². The molecule has 2 atom stereocenters. The largest absolute Gasteiger partial charge is 0.396 e. The Morgan fingerprint density at radius 3 is 2.44 bits per heavy atom. The maximum absolute atomic E-state index is 10.2. The molecule has 5 nitrogen and oxygen atoms in total. The summed E-state index contributed by atoms with van der Waals surface area (Å²) >= 11 is 3.10. The third-order valence-corrected chi connectivity index (χ3v) is 9.88.